The van der Waals surface area contributed by atoms with Crippen molar-refractivity contribution in [3.8, 4) is 0 Å². The predicted octanol–water partition coefficient (Wildman–Crippen LogP) is 0.668. The van der Waals surface area contributed by atoms with E-state index in [0.717, 1.165) is 0 Å². The number of ether oxygens (including phenoxy) is 4. The molecule has 116 valence electrons. The maximum absolute atomic E-state index is 11.5. The van der Waals surface area contributed by atoms with E-state index in [1.807, 2.05) is 0 Å². The minimum absolute atomic E-state index is 0.0388. The zero-order valence-corrected chi connectivity index (χ0v) is 12.5. The van der Waals surface area contributed by atoms with Crippen molar-refractivity contribution >= 4 is 29.5 Å². The number of halogens is 1. The van der Waals surface area contributed by atoms with Gasteiger partial charge in [0.2, 0.25) is 0 Å². The molecular formula is C12H19ClO7. The standard InChI is InChI=1S/C12H19ClO7/c1-8(11(15)18-7-6-17-5-4-13)20-12(16)9(2)19-10(3)14/h8-9H,4-7H2,1-3H3/t8-,9-/m1/s1. The average molecular weight is 311 g/mol. The van der Waals surface area contributed by atoms with Gasteiger partial charge in [-0.05, 0) is 13.8 Å². The van der Waals surface area contributed by atoms with Crippen LogP contribution >= 0.6 is 11.6 Å². The van der Waals surface area contributed by atoms with Crippen molar-refractivity contribution < 1.29 is 33.3 Å². The highest BCUT2D eigenvalue weighted by Crippen LogP contribution is 2.01. The van der Waals surface area contributed by atoms with E-state index in [1.165, 1.54) is 20.8 Å². The van der Waals surface area contributed by atoms with E-state index in [1.54, 1.807) is 0 Å². The zero-order chi connectivity index (χ0) is 15.5. The second-order valence-electron chi connectivity index (χ2n) is 3.80. The molecule has 7 nitrogen and oxygen atoms in total. The lowest BCUT2D eigenvalue weighted by molar-refractivity contribution is -0.176. The molecule has 0 saturated heterocycles. The lowest BCUT2D eigenvalue weighted by Crippen LogP contribution is -2.33. The van der Waals surface area contributed by atoms with Gasteiger partial charge in [0.25, 0.3) is 0 Å². The molecule has 0 aromatic heterocycles. The monoisotopic (exact) mass is 310 g/mol. The molecule has 0 spiro atoms. The van der Waals surface area contributed by atoms with Crippen LogP contribution in [0.15, 0.2) is 0 Å². The molecule has 0 amide bonds. The lowest BCUT2D eigenvalue weighted by atomic mass is 10.3. The summed E-state index contributed by atoms with van der Waals surface area (Å²) in [4.78, 5) is 33.6. The number of carbonyl (C=O) groups is 3. The molecular weight excluding hydrogens is 292 g/mol. The summed E-state index contributed by atoms with van der Waals surface area (Å²) < 4.78 is 19.2. The van der Waals surface area contributed by atoms with E-state index in [4.69, 9.17) is 25.8 Å². The summed E-state index contributed by atoms with van der Waals surface area (Å²) in [6.07, 6.45) is -2.16. The van der Waals surface area contributed by atoms with Crippen LogP contribution in [0.2, 0.25) is 0 Å². The van der Waals surface area contributed by atoms with Gasteiger partial charge < -0.3 is 18.9 Å². The molecule has 0 bridgehead atoms. The van der Waals surface area contributed by atoms with Gasteiger partial charge >= 0.3 is 17.9 Å². The van der Waals surface area contributed by atoms with Crippen LogP contribution in [0.4, 0.5) is 0 Å². The Kier molecular flexibility index (Phi) is 9.75. The Labute approximate surface area is 122 Å². The van der Waals surface area contributed by atoms with Crippen molar-refractivity contribution in [1.29, 1.82) is 0 Å². The maximum atomic E-state index is 11.5. The molecule has 2 atom stereocenters. The number of rotatable bonds is 9. The highest BCUT2D eigenvalue weighted by Gasteiger charge is 2.24. The molecule has 0 rings (SSSR count). The first kappa shape index (κ1) is 18.7. The van der Waals surface area contributed by atoms with Crippen LogP contribution < -0.4 is 0 Å². The molecule has 0 saturated carbocycles. The molecule has 20 heavy (non-hydrogen) atoms. The second-order valence-corrected chi connectivity index (χ2v) is 4.18. The predicted molar refractivity (Wildman–Crippen MR) is 69.3 cm³/mol. The van der Waals surface area contributed by atoms with Gasteiger partial charge in [0.05, 0.1) is 13.2 Å². The first-order valence-electron chi connectivity index (χ1n) is 6.06. The van der Waals surface area contributed by atoms with Crippen molar-refractivity contribution in [3.63, 3.8) is 0 Å². The van der Waals surface area contributed by atoms with Crippen LogP contribution in [0.3, 0.4) is 0 Å². The Morgan fingerprint density at radius 1 is 0.950 bits per heavy atom. The van der Waals surface area contributed by atoms with Gasteiger partial charge in [-0.25, -0.2) is 9.59 Å². The zero-order valence-electron chi connectivity index (χ0n) is 11.7. The largest absolute Gasteiger partial charge is 0.461 e. The molecule has 8 heteroatoms. The SMILES string of the molecule is CC(=O)O[C@H](C)C(=O)O[C@H](C)C(=O)OCCOCCCl. The highest BCUT2D eigenvalue weighted by atomic mass is 35.5. The summed E-state index contributed by atoms with van der Waals surface area (Å²) in [6.45, 7) is 4.49. The number of alkyl halides is 1. The molecule has 0 aromatic carbocycles. The third-order valence-electron chi connectivity index (χ3n) is 1.99. The van der Waals surface area contributed by atoms with Crippen LogP contribution in [0.25, 0.3) is 0 Å². The quantitative estimate of drug-likeness (QED) is 0.267. The summed E-state index contributed by atoms with van der Waals surface area (Å²) in [6, 6.07) is 0. The molecule has 0 aliphatic rings. The Bertz CT molecular complexity index is 332. The Morgan fingerprint density at radius 2 is 1.55 bits per heavy atom. The number of carbonyl (C=O) groups excluding carboxylic acids is 3. The Hall–Kier alpha value is -1.34. The second kappa shape index (κ2) is 10.4. The molecule has 0 aliphatic carbocycles. The van der Waals surface area contributed by atoms with E-state index in [0.29, 0.717) is 12.5 Å². The van der Waals surface area contributed by atoms with Crippen molar-refractivity contribution in [2.24, 2.45) is 0 Å². The van der Waals surface area contributed by atoms with E-state index >= 15 is 0 Å². The number of esters is 3. The number of hydrogen-bond donors (Lipinski definition) is 0. The van der Waals surface area contributed by atoms with E-state index in [9.17, 15) is 14.4 Å². The highest BCUT2D eigenvalue weighted by molar-refractivity contribution is 6.17. The normalized spacial score (nSPS) is 13.2. The van der Waals surface area contributed by atoms with E-state index < -0.39 is 30.1 Å². The molecule has 0 aromatic rings. The van der Waals surface area contributed by atoms with E-state index in [-0.39, 0.29) is 13.2 Å². The molecule has 0 fully saturated rings. The summed E-state index contributed by atoms with van der Waals surface area (Å²) in [5.74, 6) is -1.78. The summed E-state index contributed by atoms with van der Waals surface area (Å²) in [5, 5.41) is 0. The van der Waals surface area contributed by atoms with Gasteiger partial charge in [0.1, 0.15) is 6.61 Å². The first-order valence-corrected chi connectivity index (χ1v) is 6.60. The van der Waals surface area contributed by atoms with Gasteiger partial charge in [0.15, 0.2) is 12.2 Å². The Balaban J connectivity index is 3.94. The fraction of sp³-hybridized carbons (Fsp3) is 0.750. The van der Waals surface area contributed by atoms with Crippen molar-refractivity contribution in [1.82, 2.24) is 0 Å². The maximum Gasteiger partial charge on any atom is 0.347 e. The van der Waals surface area contributed by atoms with Gasteiger partial charge in [-0.15, -0.1) is 11.6 Å². The van der Waals surface area contributed by atoms with Crippen LogP contribution in [0, 0.1) is 0 Å². The third-order valence-corrected chi connectivity index (χ3v) is 2.15. The topological polar surface area (TPSA) is 88.1 Å². The van der Waals surface area contributed by atoms with Crippen molar-refractivity contribution in [2.75, 3.05) is 25.7 Å². The first-order chi connectivity index (χ1) is 9.38. The molecule has 0 aliphatic heterocycles. The van der Waals surface area contributed by atoms with Gasteiger partial charge in [-0.1, -0.05) is 0 Å². The van der Waals surface area contributed by atoms with Crippen molar-refractivity contribution in [2.45, 2.75) is 33.0 Å². The molecule has 0 N–H and O–H groups in total. The Morgan fingerprint density at radius 3 is 2.10 bits per heavy atom. The summed E-state index contributed by atoms with van der Waals surface area (Å²) in [7, 11) is 0. The minimum atomic E-state index is -1.09. The fourth-order valence-corrected chi connectivity index (χ4v) is 1.20. The lowest BCUT2D eigenvalue weighted by Gasteiger charge is -2.15. The van der Waals surface area contributed by atoms with Crippen LogP contribution in [0.1, 0.15) is 20.8 Å². The number of hydrogen-bond acceptors (Lipinski definition) is 7. The smallest absolute Gasteiger partial charge is 0.347 e. The van der Waals surface area contributed by atoms with Crippen LogP contribution in [-0.2, 0) is 33.3 Å². The van der Waals surface area contributed by atoms with Gasteiger partial charge in [-0.2, -0.15) is 0 Å². The average Bonchev–Trinajstić information content (AvgIpc) is 2.37. The molecule has 0 heterocycles. The van der Waals surface area contributed by atoms with E-state index in [2.05, 4.69) is 4.74 Å². The third kappa shape index (κ3) is 8.71. The van der Waals surface area contributed by atoms with Crippen molar-refractivity contribution in [3.05, 3.63) is 0 Å². The summed E-state index contributed by atoms with van der Waals surface area (Å²) >= 11 is 5.39. The molecule has 0 unspecified atom stereocenters. The van der Waals surface area contributed by atoms with Crippen LogP contribution in [-0.4, -0.2) is 55.8 Å². The van der Waals surface area contributed by atoms with Gasteiger partial charge in [-0.3, -0.25) is 4.79 Å². The van der Waals surface area contributed by atoms with Crippen LogP contribution in [0.5, 0.6) is 0 Å². The fourth-order valence-electron chi connectivity index (χ4n) is 1.09. The molecule has 0 radical (unpaired) electrons. The summed E-state index contributed by atoms with van der Waals surface area (Å²) in [5.41, 5.74) is 0. The van der Waals surface area contributed by atoms with Gasteiger partial charge in [0, 0.05) is 12.8 Å². The minimum Gasteiger partial charge on any atom is -0.461 e.